The SMILES string of the molecule is O=C(C=Cc1ccc(CC2CCCO2)cc1)NCCc1c[nH]c2ccc(F)cc12. The molecule has 0 saturated carbocycles. The number of benzene rings is 2. The van der Waals surface area contributed by atoms with Crippen molar-refractivity contribution in [2.24, 2.45) is 0 Å². The average Bonchev–Trinajstić information content (AvgIpc) is 3.37. The van der Waals surface area contributed by atoms with Crippen molar-refractivity contribution < 1.29 is 13.9 Å². The number of hydrogen-bond donors (Lipinski definition) is 2. The third-order valence-electron chi connectivity index (χ3n) is 5.32. The van der Waals surface area contributed by atoms with Gasteiger partial charge in [-0.25, -0.2) is 4.39 Å². The highest BCUT2D eigenvalue weighted by Crippen LogP contribution is 2.20. The number of halogens is 1. The van der Waals surface area contributed by atoms with Crippen LogP contribution in [0.2, 0.25) is 0 Å². The molecule has 0 bridgehead atoms. The zero-order valence-electron chi connectivity index (χ0n) is 16.3. The van der Waals surface area contributed by atoms with E-state index in [2.05, 4.69) is 22.4 Å². The van der Waals surface area contributed by atoms with Crippen LogP contribution in [0.3, 0.4) is 0 Å². The zero-order chi connectivity index (χ0) is 20.1. The number of aromatic amines is 1. The predicted octanol–water partition coefficient (Wildman–Crippen LogP) is 4.40. The summed E-state index contributed by atoms with van der Waals surface area (Å²) < 4.78 is 19.1. The van der Waals surface area contributed by atoms with Crippen LogP contribution in [0.25, 0.3) is 17.0 Å². The molecular weight excluding hydrogens is 367 g/mol. The second-order valence-electron chi connectivity index (χ2n) is 7.46. The average molecular weight is 392 g/mol. The largest absolute Gasteiger partial charge is 0.378 e. The van der Waals surface area contributed by atoms with E-state index >= 15 is 0 Å². The van der Waals surface area contributed by atoms with Crippen LogP contribution in [0.5, 0.6) is 0 Å². The van der Waals surface area contributed by atoms with E-state index in [0.29, 0.717) is 19.1 Å². The molecule has 1 unspecified atom stereocenters. The number of ether oxygens (including phenoxy) is 1. The van der Waals surface area contributed by atoms with Gasteiger partial charge in [-0.2, -0.15) is 0 Å². The molecule has 0 spiro atoms. The molecule has 0 aliphatic carbocycles. The zero-order valence-corrected chi connectivity index (χ0v) is 16.3. The van der Waals surface area contributed by atoms with Gasteiger partial charge < -0.3 is 15.0 Å². The summed E-state index contributed by atoms with van der Waals surface area (Å²) in [6.45, 7) is 1.37. The molecule has 1 amide bonds. The van der Waals surface area contributed by atoms with E-state index in [-0.39, 0.29) is 11.7 Å². The van der Waals surface area contributed by atoms with Crippen molar-refractivity contribution in [3.63, 3.8) is 0 Å². The summed E-state index contributed by atoms with van der Waals surface area (Å²) in [5, 5.41) is 3.74. The minimum absolute atomic E-state index is 0.139. The Morgan fingerprint density at radius 2 is 2.10 bits per heavy atom. The van der Waals surface area contributed by atoms with Crippen LogP contribution >= 0.6 is 0 Å². The molecule has 5 heteroatoms. The number of carbonyl (C=O) groups excluding carboxylic acids is 1. The number of carbonyl (C=O) groups is 1. The molecule has 1 saturated heterocycles. The minimum Gasteiger partial charge on any atom is -0.378 e. The van der Waals surface area contributed by atoms with Gasteiger partial charge in [-0.05, 0) is 66.6 Å². The Bertz CT molecular complexity index is 1000. The third-order valence-corrected chi connectivity index (χ3v) is 5.32. The maximum atomic E-state index is 13.4. The highest BCUT2D eigenvalue weighted by Gasteiger charge is 2.15. The second kappa shape index (κ2) is 9.05. The van der Waals surface area contributed by atoms with Gasteiger partial charge in [0, 0.05) is 36.3 Å². The lowest BCUT2D eigenvalue weighted by molar-refractivity contribution is -0.116. The van der Waals surface area contributed by atoms with Crippen molar-refractivity contribution in [1.82, 2.24) is 10.3 Å². The highest BCUT2D eigenvalue weighted by molar-refractivity contribution is 5.91. The van der Waals surface area contributed by atoms with Gasteiger partial charge in [-0.3, -0.25) is 4.79 Å². The van der Waals surface area contributed by atoms with Gasteiger partial charge in [-0.15, -0.1) is 0 Å². The molecule has 1 atom stereocenters. The van der Waals surface area contributed by atoms with E-state index in [0.717, 1.165) is 47.9 Å². The van der Waals surface area contributed by atoms with Crippen LogP contribution in [0.1, 0.15) is 29.5 Å². The van der Waals surface area contributed by atoms with Gasteiger partial charge in [-0.1, -0.05) is 24.3 Å². The topological polar surface area (TPSA) is 54.1 Å². The molecule has 4 rings (SSSR count). The molecule has 29 heavy (non-hydrogen) atoms. The lowest BCUT2D eigenvalue weighted by atomic mass is 10.0. The smallest absolute Gasteiger partial charge is 0.244 e. The summed E-state index contributed by atoms with van der Waals surface area (Å²) in [7, 11) is 0. The fraction of sp³-hybridized carbons (Fsp3) is 0.292. The van der Waals surface area contributed by atoms with E-state index in [1.807, 2.05) is 24.4 Å². The van der Waals surface area contributed by atoms with Gasteiger partial charge in [0.2, 0.25) is 5.91 Å². The van der Waals surface area contributed by atoms with Crippen LogP contribution in [0.15, 0.2) is 54.7 Å². The standard InChI is InChI=1S/C24H25FN2O2/c25-20-8-9-23-22(15-20)19(16-27-23)11-12-26-24(28)10-7-17-3-5-18(6-4-17)14-21-2-1-13-29-21/h3-10,15-16,21,27H,1-2,11-14H2,(H,26,28). The molecule has 1 fully saturated rings. The number of hydrogen-bond acceptors (Lipinski definition) is 2. The number of aromatic nitrogens is 1. The van der Waals surface area contributed by atoms with Gasteiger partial charge in [0.05, 0.1) is 6.10 Å². The summed E-state index contributed by atoms with van der Waals surface area (Å²) in [5.74, 6) is -0.397. The van der Waals surface area contributed by atoms with Crippen molar-refractivity contribution in [3.8, 4) is 0 Å². The summed E-state index contributed by atoms with van der Waals surface area (Å²) in [5.41, 5.74) is 4.14. The second-order valence-corrected chi connectivity index (χ2v) is 7.46. The molecule has 4 nitrogen and oxygen atoms in total. The first-order valence-corrected chi connectivity index (χ1v) is 10.1. The van der Waals surface area contributed by atoms with Crippen molar-refractivity contribution in [2.75, 3.05) is 13.2 Å². The number of rotatable bonds is 7. The van der Waals surface area contributed by atoms with Crippen LogP contribution in [-0.2, 0) is 22.4 Å². The van der Waals surface area contributed by atoms with E-state index < -0.39 is 0 Å². The molecule has 2 aromatic carbocycles. The van der Waals surface area contributed by atoms with Crippen molar-refractivity contribution in [3.05, 3.63) is 77.2 Å². The van der Waals surface area contributed by atoms with Crippen LogP contribution < -0.4 is 5.32 Å². The van der Waals surface area contributed by atoms with Gasteiger partial charge in [0.1, 0.15) is 5.82 Å². The van der Waals surface area contributed by atoms with Crippen LogP contribution in [0, 0.1) is 5.82 Å². The maximum absolute atomic E-state index is 13.4. The number of H-pyrrole nitrogens is 1. The van der Waals surface area contributed by atoms with Crippen molar-refractivity contribution in [2.45, 2.75) is 31.8 Å². The van der Waals surface area contributed by atoms with Crippen LogP contribution in [-0.4, -0.2) is 30.1 Å². The summed E-state index contributed by atoms with van der Waals surface area (Å²) in [4.78, 5) is 15.2. The van der Waals surface area contributed by atoms with Crippen molar-refractivity contribution >= 4 is 22.9 Å². The maximum Gasteiger partial charge on any atom is 0.244 e. The fourth-order valence-corrected chi connectivity index (χ4v) is 3.74. The first kappa shape index (κ1) is 19.4. The molecule has 1 aliphatic heterocycles. The van der Waals surface area contributed by atoms with Crippen LogP contribution in [0.4, 0.5) is 4.39 Å². The predicted molar refractivity (Wildman–Crippen MR) is 113 cm³/mol. The van der Waals surface area contributed by atoms with Crippen molar-refractivity contribution in [1.29, 1.82) is 0 Å². The molecule has 3 aromatic rings. The Morgan fingerprint density at radius 1 is 1.24 bits per heavy atom. The molecule has 1 aromatic heterocycles. The quantitative estimate of drug-likeness (QED) is 0.586. The Kier molecular flexibility index (Phi) is 6.06. The Morgan fingerprint density at radius 3 is 2.90 bits per heavy atom. The van der Waals surface area contributed by atoms with E-state index in [9.17, 15) is 9.18 Å². The first-order valence-electron chi connectivity index (χ1n) is 10.1. The molecule has 2 N–H and O–H groups in total. The Hall–Kier alpha value is -2.92. The Labute approximate surface area is 169 Å². The molecule has 1 aliphatic rings. The van der Waals surface area contributed by atoms with E-state index in [1.54, 1.807) is 12.1 Å². The summed E-state index contributed by atoms with van der Waals surface area (Å²) in [6.07, 6.45) is 9.44. The fourth-order valence-electron chi connectivity index (χ4n) is 3.74. The van der Waals surface area contributed by atoms with E-state index in [4.69, 9.17) is 4.74 Å². The summed E-state index contributed by atoms with van der Waals surface area (Å²) >= 11 is 0. The summed E-state index contributed by atoms with van der Waals surface area (Å²) in [6, 6.07) is 12.9. The molecule has 150 valence electrons. The van der Waals surface area contributed by atoms with Gasteiger partial charge in [0.15, 0.2) is 0 Å². The Balaban J connectivity index is 1.25. The normalized spacial score (nSPS) is 16.7. The third kappa shape index (κ3) is 5.12. The minimum atomic E-state index is -0.257. The van der Waals surface area contributed by atoms with Gasteiger partial charge in [0.25, 0.3) is 0 Å². The van der Waals surface area contributed by atoms with E-state index in [1.165, 1.54) is 17.7 Å². The number of fused-ring (bicyclic) bond motifs is 1. The monoisotopic (exact) mass is 392 g/mol. The first-order chi connectivity index (χ1) is 14.2. The van der Waals surface area contributed by atoms with Gasteiger partial charge >= 0.3 is 0 Å². The highest BCUT2D eigenvalue weighted by atomic mass is 19.1. The molecule has 0 radical (unpaired) electrons. The number of nitrogens with one attached hydrogen (secondary N) is 2. The lowest BCUT2D eigenvalue weighted by Gasteiger charge is -2.09. The number of amides is 1. The molecule has 2 heterocycles. The lowest BCUT2D eigenvalue weighted by Crippen LogP contribution is -2.23. The molecular formula is C24H25FN2O2.